The molecular weight excluding hydrogens is 440 g/mol. The van der Waals surface area contributed by atoms with Gasteiger partial charge in [0, 0.05) is 31.1 Å². The normalized spacial score (nSPS) is 21.2. The third-order valence-electron chi connectivity index (χ3n) is 8.30. The van der Waals surface area contributed by atoms with Gasteiger partial charge in [-0.15, -0.1) is 0 Å². The number of nitrogens with zero attached hydrogens (tertiary/aromatic N) is 2. The van der Waals surface area contributed by atoms with Crippen molar-refractivity contribution in [3.8, 4) is 0 Å². The van der Waals surface area contributed by atoms with Crippen molar-refractivity contribution in [1.29, 1.82) is 0 Å². The van der Waals surface area contributed by atoms with Gasteiger partial charge >= 0.3 is 0 Å². The van der Waals surface area contributed by atoms with E-state index in [9.17, 15) is 4.79 Å². The number of amides is 1. The zero-order chi connectivity index (χ0) is 24.3. The van der Waals surface area contributed by atoms with E-state index in [1.54, 1.807) is 0 Å². The van der Waals surface area contributed by atoms with E-state index in [1.807, 2.05) is 18.2 Å². The Balaban J connectivity index is 1.17. The highest BCUT2D eigenvalue weighted by Gasteiger charge is 2.37. The molecule has 2 aliphatic rings. The average Bonchev–Trinajstić information content (AvgIpc) is 3.37. The van der Waals surface area contributed by atoms with Crippen LogP contribution in [0.5, 0.6) is 0 Å². The summed E-state index contributed by atoms with van der Waals surface area (Å²) >= 11 is 0. The van der Waals surface area contributed by atoms with Gasteiger partial charge in [-0.05, 0) is 71.8 Å². The summed E-state index contributed by atoms with van der Waals surface area (Å²) in [5, 5.41) is 2.30. The first-order valence-corrected chi connectivity index (χ1v) is 13.3. The maximum absolute atomic E-state index is 13.6. The molecule has 0 aromatic heterocycles. The van der Waals surface area contributed by atoms with Crippen LogP contribution in [0.2, 0.25) is 0 Å². The van der Waals surface area contributed by atoms with E-state index in [0.717, 1.165) is 43.7 Å². The van der Waals surface area contributed by atoms with Crippen LogP contribution >= 0.6 is 0 Å². The third-order valence-corrected chi connectivity index (χ3v) is 8.30. The maximum atomic E-state index is 13.6. The van der Waals surface area contributed by atoms with Crippen molar-refractivity contribution in [2.45, 2.75) is 24.7 Å². The van der Waals surface area contributed by atoms with Crippen LogP contribution in [0.25, 0.3) is 10.8 Å². The molecule has 0 aliphatic carbocycles. The van der Waals surface area contributed by atoms with E-state index < -0.39 is 0 Å². The van der Waals surface area contributed by atoms with Crippen molar-refractivity contribution in [2.75, 3.05) is 32.7 Å². The molecular formula is C33H34N2O. The number of rotatable bonds is 5. The molecule has 0 unspecified atom stereocenters. The third kappa shape index (κ3) is 4.81. The Bertz CT molecular complexity index is 1310. The summed E-state index contributed by atoms with van der Waals surface area (Å²) in [6, 6.07) is 36.2. The van der Waals surface area contributed by atoms with Gasteiger partial charge in [-0.3, -0.25) is 4.79 Å². The summed E-state index contributed by atoms with van der Waals surface area (Å²) in [5.74, 6) is 1.65. The molecule has 2 heterocycles. The van der Waals surface area contributed by atoms with E-state index >= 15 is 0 Å². The van der Waals surface area contributed by atoms with Gasteiger partial charge in [-0.2, -0.15) is 0 Å². The van der Waals surface area contributed by atoms with Crippen molar-refractivity contribution in [3.63, 3.8) is 0 Å². The Kier molecular flexibility index (Phi) is 6.57. The number of carbonyl (C=O) groups excluding carboxylic acids is 1. The summed E-state index contributed by atoms with van der Waals surface area (Å²) in [4.78, 5) is 18.4. The Labute approximate surface area is 214 Å². The van der Waals surface area contributed by atoms with E-state index in [-0.39, 0.29) is 5.91 Å². The fraction of sp³-hybridized carbons (Fsp3) is 0.303. The number of hydrogen-bond donors (Lipinski definition) is 0. The lowest BCUT2D eigenvalue weighted by molar-refractivity contribution is 0.0781. The standard InChI is InChI=1S/C33H34N2O/c36-33(30-16-15-26-11-7-8-14-29(26)21-30)35-23-31(32(24-35)28-12-5-2-6-13-28)22-34-19-17-27(18-20-34)25-9-3-1-4-10-25/h1-16,21,27,31-32H,17-20,22-24H2/t31-,32+/m0/s1. The lowest BCUT2D eigenvalue weighted by atomic mass is 9.86. The predicted octanol–water partition coefficient (Wildman–Crippen LogP) is 6.58. The van der Waals surface area contributed by atoms with Crippen LogP contribution in [0.3, 0.4) is 0 Å². The van der Waals surface area contributed by atoms with Crippen molar-refractivity contribution >= 4 is 16.7 Å². The smallest absolute Gasteiger partial charge is 0.253 e. The molecule has 4 aromatic carbocycles. The van der Waals surface area contributed by atoms with Gasteiger partial charge < -0.3 is 9.80 Å². The molecule has 2 fully saturated rings. The second-order valence-electron chi connectivity index (χ2n) is 10.5. The minimum Gasteiger partial charge on any atom is -0.338 e. The van der Waals surface area contributed by atoms with Crippen LogP contribution in [-0.2, 0) is 0 Å². The average molecular weight is 475 g/mol. The molecule has 4 aromatic rings. The fourth-order valence-corrected chi connectivity index (χ4v) is 6.31. The highest BCUT2D eigenvalue weighted by Crippen LogP contribution is 2.36. The van der Waals surface area contributed by atoms with Gasteiger partial charge in [-0.1, -0.05) is 91.0 Å². The van der Waals surface area contributed by atoms with Gasteiger partial charge in [0.1, 0.15) is 0 Å². The van der Waals surface area contributed by atoms with Crippen LogP contribution in [-0.4, -0.2) is 48.4 Å². The summed E-state index contributed by atoms with van der Waals surface area (Å²) in [7, 11) is 0. The lowest BCUT2D eigenvalue weighted by Gasteiger charge is -2.34. The molecule has 2 saturated heterocycles. The molecule has 3 nitrogen and oxygen atoms in total. The highest BCUT2D eigenvalue weighted by molar-refractivity contribution is 5.98. The second kappa shape index (κ2) is 10.3. The SMILES string of the molecule is O=C(c1ccc2ccccc2c1)N1C[C@H](CN2CCC(c3ccccc3)CC2)[C@@H](c2ccccc2)C1. The zero-order valence-electron chi connectivity index (χ0n) is 20.8. The molecule has 2 aliphatic heterocycles. The molecule has 0 radical (unpaired) electrons. The molecule has 2 atom stereocenters. The molecule has 36 heavy (non-hydrogen) atoms. The van der Waals surface area contributed by atoms with Gasteiger partial charge in [-0.25, -0.2) is 0 Å². The van der Waals surface area contributed by atoms with Crippen molar-refractivity contribution in [3.05, 3.63) is 120 Å². The van der Waals surface area contributed by atoms with Gasteiger partial charge in [0.15, 0.2) is 0 Å². The predicted molar refractivity (Wildman–Crippen MR) is 147 cm³/mol. The van der Waals surface area contributed by atoms with Gasteiger partial charge in [0.05, 0.1) is 0 Å². The first-order valence-electron chi connectivity index (χ1n) is 13.3. The largest absolute Gasteiger partial charge is 0.338 e. The molecule has 0 bridgehead atoms. The van der Waals surface area contributed by atoms with Crippen LogP contribution in [0, 0.1) is 5.92 Å². The Hall–Kier alpha value is -3.43. The topological polar surface area (TPSA) is 23.6 Å². The van der Waals surface area contributed by atoms with Crippen molar-refractivity contribution < 1.29 is 4.79 Å². The number of fused-ring (bicyclic) bond motifs is 1. The van der Waals surface area contributed by atoms with Gasteiger partial charge in [0.2, 0.25) is 0 Å². The Morgan fingerprint density at radius 3 is 2.06 bits per heavy atom. The minimum absolute atomic E-state index is 0.159. The molecule has 0 N–H and O–H groups in total. The summed E-state index contributed by atoms with van der Waals surface area (Å²) in [6.07, 6.45) is 2.43. The second-order valence-corrected chi connectivity index (χ2v) is 10.5. The first kappa shape index (κ1) is 23.0. The Morgan fingerprint density at radius 2 is 1.33 bits per heavy atom. The van der Waals surface area contributed by atoms with Crippen LogP contribution < -0.4 is 0 Å². The molecule has 1 amide bonds. The molecule has 3 heteroatoms. The number of likely N-dealkylation sites (tertiary alicyclic amines) is 2. The molecule has 0 spiro atoms. The number of benzene rings is 4. The van der Waals surface area contributed by atoms with Crippen LogP contribution in [0.15, 0.2) is 103 Å². The zero-order valence-corrected chi connectivity index (χ0v) is 20.8. The quantitative estimate of drug-likeness (QED) is 0.326. The molecule has 0 saturated carbocycles. The molecule has 182 valence electrons. The number of hydrogen-bond acceptors (Lipinski definition) is 2. The first-order chi connectivity index (χ1) is 17.7. The van der Waals surface area contributed by atoms with E-state index in [0.29, 0.717) is 17.8 Å². The lowest BCUT2D eigenvalue weighted by Crippen LogP contribution is -2.38. The van der Waals surface area contributed by atoms with Gasteiger partial charge in [0.25, 0.3) is 5.91 Å². The summed E-state index contributed by atoms with van der Waals surface area (Å²) in [5.41, 5.74) is 3.63. The minimum atomic E-state index is 0.159. The van der Waals surface area contributed by atoms with E-state index in [2.05, 4.69) is 94.7 Å². The fourth-order valence-electron chi connectivity index (χ4n) is 6.31. The molecule has 6 rings (SSSR count). The van der Waals surface area contributed by atoms with Crippen molar-refractivity contribution in [1.82, 2.24) is 9.80 Å². The van der Waals surface area contributed by atoms with E-state index in [1.165, 1.54) is 29.4 Å². The monoisotopic (exact) mass is 474 g/mol. The summed E-state index contributed by atoms with van der Waals surface area (Å²) < 4.78 is 0. The van der Waals surface area contributed by atoms with Crippen molar-refractivity contribution in [2.24, 2.45) is 5.92 Å². The van der Waals surface area contributed by atoms with E-state index in [4.69, 9.17) is 0 Å². The summed E-state index contributed by atoms with van der Waals surface area (Å²) in [6.45, 7) is 4.94. The van der Waals surface area contributed by atoms with Crippen LogP contribution in [0.4, 0.5) is 0 Å². The highest BCUT2D eigenvalue weighted by atomic mass is 16.2. The Morgan fingerprint density at radius 1 is 0.694 bits per heavy atom. The number of piperidine rings is 1. The maximum Gasteiger partial charge on any atom is 0.253 e. The van der Waals surface area contributed by atoms with Crippen LogP contribution in [0.1, 0.15) is 46.2 Å². The number of carbonyl (C=O) groups is 1.